The minimum Gasteiger partial charge on any atom is -0.497 e. The van der Waals surface area contributed by atoms with Gasteiger partial charge in [0.2, 0.25) is 20.0 Å². The van der Waals surface area contributed by atoms with E-state index in [0.29, 0.717) is 68.2 Å². The molecule has 4 aliphatic rings. The lowest BCUT2D eigenvalue weighted by molar-refractivity contribution is 0.378. The number of ether oxygens (including phenoxy) is 2. The Bertz CT molecular complexity index is 2600. The van der Waals surface area contributed by atoms with Gasteiger partial charge in [-0.2, -0.15) is 8.61 Å². The fraction of sp³-hybridized carbons (Fsp3) is 0.381. The Morgan fingerprint density at radius 1 is 0.645 bits per heavy atom. The van der Waals surface area contributed by atoms with Gasteiger partial charge in [-0.25, -0.2) is 26.8 Å². The predicted molar refractivity (Wildman–Crippen MR) is 256 cm³/mol. The number of allylic oxidation sites excluding steroid dienone is 6. The molecule has 0 amide bonds. The predicted octanol–water partition coefficient (Wildman–Crippen LogP) is 8.83. The summed E-state index contributed by atoms with van der Waals surface area (Å²) < 4.78 is 66.6. The zero-order valence-corrected chi connectivity index (χ0v) is 40.6. The molecular weight excluding hydrogens is 955 g/mol. The number of rotatable bonds is 10. The van der Waals surface area contributed by atoms with E-state index in [1.165, 1.54) is 27.0 Å². The number of nitrogens with zero attached hydrogens (tertiary/aromatic N) is 6. The Morgan fingerprint density at radius 3 is 1.55 bits per heavy atom. The topological polar surface area (TPSA) is 125 Å². The van der Waals surface area contributed by atoms with Crippen molar-refractivity contribution in [1.82, 2.24) is 18.6 Å². The summed E-state index contributed by atoms with van der Waals surface area (Å²) in [5.41, 5.74) is 3.30. The number of aromatic nitrogens is 2. The number of thiazole rings is 2. The minimum absolute atomic E-state index is 0.389. The van der Waals surface area contributed by atoms with E-state index in [1.807, 2.05) is 35.0 Å². The lowest BCUT2D eigenvalue weighted by Crippen LogP contribution is -2.54. The highest BCUT2D eigenvalue weighted by Gasteiger charge is 2.44. The van der Waals surface area contributed by atoms with Gasteiger partial charge in [-0.1, -0.05) is 71.8 Å². The van der Waals surface area contributed by atoms with Gasteiger partial charge in [-0.15, -0.1) is 45.9 Å². The second-order valence-electron chi connectivity index (χ2n) is 15.2. The summed E-state index contributed by atoms with van der Waals surface area (Å²) in [4.78, 5) is 11.8. The van der Waals surface area contributed by atoms with E-state index in [-0.39, 0.29) is 0 Å². The van der Waals surface area contributed by atoms with E-state index >= 15 is 0 Å². The maximum Gasteiger partial charge on any atom is 0.222 e. The number of hydrogen-bond donors (Lipinski definition) is 0. The van der Waals surface area contributed by atoms with Crippen molar-refractivity contribution in [3.05, 3.63) is 106 Å². The molecule has 2 fully saturated rings. The van der Waals surface area contributed by atoms with Gasteiger partial charge in [-0.3, -0.25) is 0 Å². The Kier molecular flexibility index (Phi) is 14.4. The molecule has 2 aliphatic carbocycles. The first-order valence-electron chi connectivity index (χ1n) is 19.6. The van der Waals surface area contributed by atoms with Gasteiger partial charge >= 0.3 is 0 Å². The molecule has 4 aromatic rings. The molecule has 8 rings (SSSR count). The van der Waals surface area contributed by atoms with Gasteiger partial charge in [0.1, 0.15) is 22.0 Å². The van der Waals surface area contributed by atoms with Gasteiger partial charge in [0.05, 0.1) is 40.4 Å². The molecule has 2 saturated heterocycles. The van der Waals surface area contributed by atoms with Crippen LogP contribution in [0.4, 0.5) is 10.3 Å². The number of methoxy groups -OCH3 is 2. The molecule has 0 saturated carbocycles. The Labute approximate surface area is 391 Å². The third-order valence-electron chi connectivity index (χ3n) is 11.0. The van der Waals surface area contributed by atoms with Crippen LogP contribution in [0.15, 0.2) is 95.8 Å². The van der Waals surface area contributed by atoms with E-state index in [0.717, 1.165) is 38.5 Å². The smallest absolute Gasteiger partial charge is 0.222 e. The van der Waals surface area contributed by atoms with Crippen LogP contribution in [-0.4, -0.2) is 122 Å². The summed E-state index contributed by atoms with van der Waals surface area (Å²) >= 11 is 28.3. The summed E-state index contributed by atoms with van der Waals surface area (Å²) in [6.07, 6.45) is 13.8. The van der Waals surface area contributed by atoms with Crippen LogP contribution in [0.3, 0.4) is 0 Å². The number of benzene rings is 2. The zero-order chi connectivity index (χ0) is 44.5. The molecule has 332 valence electrons. The van der Waals surface area contributed by atoms with Crippen molar-refractivity contribution in [1.29, 1.82) is 0 Å². The standard InChI is InChI=1S/C22H26ClN3O4S2.C20H20Cl3N3O2S2/c1-22(23)9-5-4-6-20(22)32(27,28)26-12-10-25(11-13-26)21-24-18(15-31-21)17-8-7-16(29-2)14-19(17)30-3;1-20(23)7-3-2-4-18(20)30(27,28)26-10-8-25(9-11-26)19-24-17(13-29-19)15-6-5-14(21)12-16(15)22/h4-9,14-15,20H,10-13H2,1-3H3;2-7,12-13,18H,8-11H2,1H3. The fourth-order valence-electron chi connectivity index (χ4n) is 7.53. The highest BCUT2D eigenvalue weighted by atomic mass is 35.5. The molecule has 62 heavy (non-hydrogen) atoms. The van der Waals surface area contributed by atoms with Crippen molar-refractivity contribution in [2.75, 3.05) is 76.4 Å². The minimum atomic E-state index is -3.56. The summed E-state index contributed by atoms with van der Waals surface area (Å²) in [7, 11) is -3.88. The highest BCUT2D eigenvalue weighted by molar-refractivity contribution is 7.90. The third kappa shape index (κ3) is 10.0. The molecule has 0 N–H and O–H groups in total. The van der Waals surface area contributed by atoms with Crippen molar-refractivity contribution in [2.24, 2.45) is 0 Å². The molecule has 12 nitrogen and oxygen atoms in total. The molecule has 2 aliphatic heterocycles. The molecule has 0 radical (unpaired) electrons. The molecule has 20 heteroatoms. The van der Waals surface area contributed by atoms with E-state index in [4.69, 9.17) is 65.8 Å². The highest BCUT2D eigenvalue weighted by Crippen LogP contribution is 2.38. The second-order valence-corrected chi connectivity index (χ2v) is 23.5. The molecule has 0 spiro atoms. The largest absolute Gasteiger partial charge is 0.497 e. The average Bonchev–Trinajstić information content (AvgIpc) is 3.95. The molecule has 0 bridgehead atoms. The third-order valence-corrected chi connectivity index (χ3v) is 19.1. The average molecular weight is 1000 g/mol. The van der Waals surface area contributed by atoms with E-state index in [1.54, 1.807) is 93.1 Å². The van der Waals surface area contributed by atoms with E-state index in [2.05, 4.69) is 9.80 Å². The Balaban J connectivity index is 0.000000187. The van der Waals surface area contributed by atoms with Crippen molar-refractivity contribution in [3.63, 3.8) is 0 Å². The van der Waals surface area contributed by atoms with Gasteiger partial charge in [0.15, 0.2) is 10.3 Å². The van der Waals surface area contributed by atoms with Crippen LogP contribution < -0.4 is 19.3 Å². The van der Waals surface area contributed by atoms with Crippen LogP contribution in [0.25, 0.3) is 22.5 Å². The zero-order valence-electron chi connectivity index (χ0n) is 34.3. The first-order valence-corrected chi connectivity index (χ1v) is 25.9. The first kappa shape index (κ1) is 46.8. The molecule has 4 unspecified atom stereocenters. The number of alkyl halides is 2. The van der Waals surface area contributed by atoms with E-state index < -0.39 is 40.3 Å². The summed E-state index contributed by atoms with van der Waals surface area (Å²) in [6, 6.07) is 11.0. The summed E-state index contributed by atoms with van der Waals surface area (Å²) in [6.45, 7) is 7.28. The van der Waals surface area contributed by atoms with E-state index in [9.17, 15) is 16.8 Å². The van der Waals surface area contributed by atoms with Crippen LogP contribution in [0, 0.1) is 0 Å². The Morgan fingerprint density at radius 2 is 1.11 bits per heavy atom. The van der Waals surface area contributed by atoms with Gasteiger partial charge in [0, 0.05) is 85.3 Å². The van der Waals surface area contributed by atoms with Crippen LogP contribution in [0.2, 0.25) is 10.0 Å². The number of anilines is 2. The Hall–Kier alpha value is -3.16. The second kappa shape index (κ2) is 19.1. The maximum atomic E-state index is 13.2. The summed E-state index contributed by atoms with van der Waals surface area (Å²) in [5, 5.41) is 5.21. The fourth-order valence-corrected chi connectivity index (χ4v) is 14.6. The first-order chi connectivity index (χ1) is 29.4. The molecule has 4 heterocycles. The van der Waals surface area contributed by atoms with Crippen molar-refractivity contribution in [2.45, 2.75) is 34.1 Å². The normalized spacial score (nSPS) is 24.5. The van der Waals surface area contributed by atoms with Gasteiger partial charge in [-0.05, 0) is 44.2 Å². The number of halogens is 4. The van der Waals surface area contributed by atoms with Gasteiger partial charge in [0.25, 0.3) is 0 Å². The van der Waals surface area contributed by atoms with Crippen LogP contribution in [-0.2, 0) is 20.0 Å². The van der Waals surface area contributed by atoms with Crippen molar-refractivity contribution in [3.8, 4) is 34.0 Å². The number of hydrogen-bond acceptors (Lipinski definition) is 12. The lowest BCUT2D eigenvalue weighted by Gasteiger charge is -2.38. The number of sulfonamides is 2. The quantitative estimate of drug-likeness (QED) is 0.142. The maximum absolute atomic E-state index is 13.2. The SMILES string of the molecule is CC1(Cl)C=CC=CC1S(=O)(=O)N1CCN(c2nc(-c3ccc(Cl)cc3Cl)cs2)CC1.COc1ccc(-c2csc(N3CCN(S(=O)(=O)C4C=CC=CC4(C)Cl)CC3)n2)c(OC)c1. The van der Waals surface area contributed by atoms with Crippen molar-refractivity contribution >= 4 is 99.4 Å². The lowest BCUT2D eigenvalue weighted by atomic mass is 10.0. The molecular formula is C42H46Cl4N6O6S4. The summed E-state index contributed by atoms with van der Waals surface area (Å²) in [5.74, 6) is 1.41. The van der Waals surface area contributed by atoms with Crippen molar-refractivity contribution < 1.29 is 26.3 Å². The van der Waals surface area contributed by atoms with Crippen LogP contribution in [0.1, 0.15) is 13.8 Å². The van der Waals surface area contributed by atoms with Gasteiger partial charge < -0.3 is 19.3 Å². The molecule has 2 aromatic heterocycles. The molecule has 4 atom stereocenters. The monoisotopic (exact) mass is 998 g/mol. The van der Waals surface area contributed by atoms with Crippen LogP contribution >= 0.6 is 69.1 Å². The van der Waals surface area contributed by atoms with Crippen LogP contribution in [0.5, 0.6) is 11.5 Å². The molecule has 2 aromatic carbocycles. The number of piperazine rings is 2.